The molecule has 0 aromatic heterocycles. The van der Waals surface area contributed by atoms with E-state index in [2.05, 4.69) is 20.8 Å². The van der Waals surface area contributed by atoms with Gasteiger partial charge in [0.2, 0.25) is 0 Å². The number of fused-ring (bicyclic) bond motifs is 1. The van der Waals surface area contributed by atoms with Crippen molar-refractivity contribution < 1.29 is 9.53 Å². The highest BCUT2D eigenvalue weighted by molar-refractivity contribution is 5.89. The van der Waals surface area contributed by atoms with Crippen LogP contribution in [0.4, 0.5) is 0 Å². The van der Waals surface area contributed by atoms with Crippen molar-refractivity contribution in [3.8, 4) is 0 Å². The summed E-state index contributed by atoms with van der Waals surface area (Å²) < 4.78 is 5.55. The van der Waals surface area contributed by atoms with Gasteiger partial charge in [-0.2, -0.15) is 0 Å². The molecule has 1 saturated heterocycles. The third-order valence-corrected chi connectivity index (χ3v) is 6.05. The van der Waals surface area contributed by atoms with Crippen molar-refractivity contribution in [2.45, 2.75) is 58.5 Å². The number of ketones is 1. The summed E-state index contributed by atoms with van der Waals surface area (Å²) in [6, 6.07) is 0. The first kappa shape index (κ1) is 11.7. The average molecular weight is 236 g/mol. The minimum Gasteiger partial charge on any atom is -0.369 e. The van der Waals surface area contributed by atoms with E-state index in [1.54, 1.807) is 0 Å². The highest BCUT2D eigenvalue weighted by Crippen LogP contribution is 2.56. The second-order valence-electron chi connectivity index (χ2n) is 6.91. The minimum absolute atomic E-state index is 0.0594. The fraction of sp³-hybridized carbons (Fsp3) is 0.933. The van der Waals surface area contributed by atoms with E-state index in [9.17, 15) is 4.79 Å². The van der Waals surface area contributed by atoms with Gasteiger partial charge in [0.1, 0.15) is 5.78 Å². The Morgan fingerprint density at radius 2 is 1.88 bits per heavy atom. The normalized spacial score (nSPS) is 54.3. The zero-order valence-corrected chi connectivity index (χ0v) is 11.3. The Hall–Kier alpha value is -0.370. The highest BCUT2D eigenvalue weighted by Gasteiger charge is 2.59. The van der Waals surface area contributed by atoms with Crippen molar-refractivity contribution >= 4 is 5.78 Å². The van der Waals surface area contributed by atoms with Gasteiger partial charge in [0.05, 0.1) is 12.2 Å². The molecule has 0 bridgehead atoms. The Labute approximate surface area is 104 Å². The monoisotopic (exact) mass is 236 g/mol. The lowest BCUT2D eigenvalue weighted by atomic mass is 9.52. The van der Waals surface area contributed by atoms with Crippen molar-refractivity contribution in [2.24, 2.45) is 23.2 Å². The molecule has 3 fully saturated rings. The van der Waals surface area contributed by atoms with Gasteiger partial charge in [0.25, 0.3) is 0 Å². The molecule has 2 saturated carbocycles. The molecule has 3 aliphatic rings. The van der Waals surface area contributed by atoms with Crippen LogP contribution in [0.2, 0.25) is 0 Å². The van der Waals surface area contributed by atoms with Crippen LogP contribution in [-0.2, 0) is 9.53 Å². The van der Waals surface area contributed by atoms with Crippen molar-refractivity contribution in [3.63, 3.8) is 0 Å². The van der Waals surface area contributed by atoms with Gasteiger partial charge in [-0.05, 0) is 44.4 Å². The van der Waals surface area contributed by atoms with Crippen LogP contribution in [0.5, 0.6) is 0 Å². The lowest BCUT2D eigenvalue weighted by Crippen LogP contribution is -2.53. The SMILES string of the molecule is C[C@H]1CCC[C@@H]2CC[C@H]([C@@]3(C)CO3)C(=O)[C@@]21C. The van der Waals surface area contributed by atoms with E-state index >= 15 is 0 Å². The lowest BCUT2D eigenvalue weighted by Gasteiger charge is -2.50. The van der Waals surface area contributed by atoms with E-state index in [1.807, 2.05) is 0 Å². The molecule has 2 nitrogen and oxygen atoms in total. The van der Waals surface area contributed by atoms with Crippen LogP contribution in [0.3, 0.4) is 0 Å². The average Bonchev–Trinajstić information content (AvgIpc) is 3.02. The van der Waals surface area contributed by atoms with Crippen LogP contribution in [0, 0.1) is 23.2 Å². The molecular formula is C15H24O2. The summed E-state index contributed by atoms with van der Waals surface area (Å²) in [6.07, 6.45) is 6.09. The number of ether oxygens (including phenoxy) is 1. The predicted molar refractivity (Wildman–Crippen MR) is 66.7 cm³/mol. The molecule has 2 heteroatoms. The van der Waals surface area contributed by atoms with E-state index in [4.69, 9.17) is 4.74 Å². The van der Waals surface area contributed by atoms with E-state index in [-0.39, 0.29) is 16.9 Å². The first-order chi connectivity index (χ1) is 7.98. The number of hydrogen-bond donors (Lipinski definition) is 0. The molecule has 0 N–H and O–H groups in total. The molecule has 17 heavy (non-hydrogen) atoms. The predicted octanol–water partition coefficient (Wildman–Crippen LogP) is 3.20. The third kappa shape index (κ3) is 1.53. The molecule has 0 aromatic rings. The van der Waals surface area contributed by atoms with Crippen LogP contribution >= 0.6 is 0 Å². The summed E-state index contributed by atoms with van der Waals surface area (Å²) in [6.45, 7) is 7.43. The van der Waals surface area contributed by atoms with E-state index in [0.717, 1.165) is 13.0 Å². The van der Waals surface area contributed by atoms with Crippen LogP contribution in [0.15, 0.2) is 0 Å². The van der Waals surface area contributed by atoms with Crippen LogP contribution in [0.1, 0.15) is 52.9 Å². The quantitative estimate of drug-likeness (QED) is 0.654. The topological polar surface area (TPSA) is 29.6 Å². The summed E-state index contributed by atoms with van der Waals surface area (Å²) in [5.41, 5.74) is -0.168. The molecule has 96 valence electrons. The smallest absolute Gasteiger partial charge is 0.145 e. The molecule has 0 spiro atoms. The highest BCUT2D eigenvalue weighted by atomic mass is 16.6. The fourth-order valence-corrected chi connectivity index (χ4v) is 4.33. The van der Waals surface area contributed by atoms with Gasteiger partial charge < -0.3 is 4.74 Å². The van der Waals surface area contributed by atoms with E-state index < -0.39 is 0 Å². The molecule has 3 rings (SSSR count). The van der Waals surface area contributed by atoms with Gasteiger partial charge in [-0.15, -0.1) is 0 Å². The van der Waals surface area contributed by atoms with Crippen molar-refractivity contribution in [1.29, 1.82) is 0 Å². The molecule has 2 aliphatic carbocycles. The standard InChI is InChI=1S/C15H24O2/c1-10-5-4-6-11-7-8-12(14(2)9-17-14)13(16)15(10,11)3/h10-12H,4-9H2,1-3H3/t10-,11+,12-,14+,15+/m0/s1. The fourth-order valence-electron chi connectivity index (χ4n) is 4.33. The molecule has 0 unspecified atom stereocenters. The second kappa shape index (κ2) is 3.57. The summed E-state index contributed by atoms with van der Waals surface area (Å²) in [7, 11) is 0. The van der Waals surface area contributed by atoms with Gasteiger partial charge >= 0.3 is 0 Å². The molecule has 0 radical (unpaired) electrons. The number of carbonyl (C=O) groups is 1. The lowest BCUT2D eigenvalue weighted by molar-refractivity contribution is -0.149. The summed E-state index contributed by atoms with van der Waals surface area (Å²) in [5.74, 6) is 1.88. The van der Waals surface area contributed by atoms with Gasteiger partial charge in [0.15, 0.2) is 0 Å². The molecule has 1 heterocycles. The molecule has 1 aliphatic heterocycles. The van der Waals surface area contributed by atoms with Crippen molar-refractivity contribution in [3.05, 3.63) is 0 Å². The number of rotatable bonds is 1. The van der Waals surface area contributed by atoms with E-state index in [0.29, 0.717) is 17.6 Å². The first-order valence-electron chi connectivity index (χ1n) is 7.17. The third-order valence-electron chi connectivity index (χ3n) is 6.05. The maximum atomic E-state index is 12.9. The molecule has 5 atom stereocenters. The summed E-state index contributed by atoms with van der Waals surface area (Å²) in [4.78, 5) is 12.9. The Morgan fingerprint density at radius 3 is 2.53 bits per heavy atom. The van der Waals surface area contributed by atoms with Crippen LogP contribution in [-0.4, -0.2) is 18.0 Å². The van der Waals surface area contributed by atoms with Gasteiger partial charge in [-0.1, -0.05) is 20.3 Å². The molecular weight excluding hydrogens is 212 g/mol. The minimum atomic E-state index is -0.109. The second-order valence-corrected chi connectivity index (χ2v) is 6.91. The Bertz CT molecular complexity index is 345. The number of Topliss-reactive ketones (excluding diaryl/α,β-unsaturated/α-hetero) is 1. The van der Waals surface area contributed by atoms with Crippen LogP contribution in [0.25, 0.3) is 0 Å². The largest absolute Gasteiger partial charge is 0.369 e. The Balaban J connectivity index is 1.90. The summed E-state index contributed by atoms with van der Waals surface area (Å²) >= 11 is 0. The zero-order valence-electron chi connectivity index (χ0n) is 11.3. The maximum absolute atomic E-state index is 12.9. The Kier molecular flexibility index (Phi) is 2.46. The molecule has 0 amide bonds. The number of epoxide rings is 1. The Morgan fingerprint density at radius 1 is 1.18 bits per heavy atom. The number of carbonyl (C=O) groups excluding carboxylic acids is 1. The van der Waals surface area contributed by atoms with Crippen LogP contribution < -0.4 is 0 Å². The first-order valence-corrected chi connectivity index (χ1v) is 7.17. The van der Waals surface area contributed by atoms with E-state index in [1.165, 1.54) is 25.7 Å². The number of hydrogen-bond acceptors (Lipinski definition) is 2. The van der Waals surface area contributed by atoms with Gasteiger partial charge in [-0.3, -0.25) is 4.79 Å². The van der Waals surface area contributed by atoms with Gasteiger partial charge in [-0.25, -0.2) is 0 Å². The molecule has 0 aromatic carbocycles. The zero-order chi connectivity index (χ0) is 12.3. The van der Waals surface area contributed by atoms with Crippen molar-refractivity contribution in [2.75, 3.05) is 6.61 Å². The maximum Gasteiger partial charge on any atom is 0.145 e. The van der Waals surface area contributed by atoms with Gasteiger partial charge in [0, 0.05) is 11.3 Å². The van der Waals surface area contributed by atoms with Crippen molar-refractivity contribution in [1.82, 2.24) is 0 Å². The summed E-state index contributed by atoms with van der Waals surface area (Å²) in [5, 5.41) is 0.